The average molecular weight is 345 g/mol. The van der Waals surface area contributed by atoms with Crippen LogP contribution in [0, 0.1) is 0 Å². The van der Waals surface area contributed by atoms with Gasteiger partial charge >= 0.3 is 5.97 Å². The molecule has 0 bridgehead atoms. The quantitative estimate of drug-likeness (QED) is 0.873. The van der Waals surface area contributed by atoms with Gasteiger partial charge in [0.1, 0.15) is 10.5 Å². The monoisotopic (exact) mass is 345 g/mol. The predicted octanol–water partition coefficient (Wildman–Crippen LogP) is 3.05. The fraction of sp³-hybridized carbons (Fsp3) is 0.333. The maximum atomic E-state index is 12.3. The Bertz CT molecular complexity index is 770. The summed E-state index contributed by atoms with van der Waals surface area (Å²) < 4.78 is 6.06. The van der Waals surface area contributed by atoms with Crippen LogP contribution in [0.3, 0.4) is 0 Å². The van der Waals surface area contributed by atoms with Gasteiger partial charge in [-0.05, 0) is 30.0 Å². The first kappa shape index (κ1) is 16.7. The van der Waals surface area contributed by atoms with Gasteiger partial charge in [-0.15, -0.1) is 11.3 Å². The van der Waals surface area contributed by atoms with Gasteiger partial charge < -0.3 is 15.2 Å². The third kappa shape index (κ3) is 3.07. The molecule has 2 aromatic rings. The summed E-state index contributed by atoms with van der Waals surface area (Å²) >= 11 is 1.05. The molecule has 2 heterocycles. The zero-order valence-corrected chi connectivity index (χ0v) is 14.2. The van der Waals surface area contributed by atoms with Gasteiger partial charge in [-0.3, -0.25) is 4.79 Å². The first-order valence-electron chi connectivity index (χ1n) is 7.88. The van der Waals surface area contributed by atoms with Crippen molar-refractivity contribution in [2.45, 2.75) is 25.4 Å². The number of benzene rings is 1. The second-order valence-corrected chi connectivity index (χ2v) is 6.70. The fourth-order valence-corrected chi connectivity index (χ4v) is 3.80. The molecule has 1 unspecified atom stereocenters. The number of hydrogen-bond acceptors (Lipinski definition) is 4. The molecule has 3 rings (SSSR count). The second-order valence-electron chi connectivity index (χ2n) is 5.79. The van der Waals surface area contributed by atoms with E-state index in [-0.39, 0.29) is 10.8 Å². The first-order chi connectivity index (χ1) is 11.6. The summed E-state index contributed by atoms with van der Waals surface area (Å²) in [6.45, 7) is 3.03. The summed E-state index contributed by atoms with van der Waals surface area (Å²) in [7, 11) is 0. The number of carbonyl (C=O) groups excluding carboxylic acids is 1. The van der Waals surface area contributed by atoms with E-state index >= 15 is 0 Å². The Balaban J connectivity index is 1.77. The van der Waals surface area contributed by atoms with Crippen LogP contribution < -0.4 is 5.32 Å². The van der Waals surface area contributed by atoms with Crippen LogP contribution >= 0.6 is 11.3 Å². The molecule has 24 heavy (non-hydrogen) atoms. The number of carbonyl (C=O) groups is 2. The van der Waals surface area contributed by atoms with Crippen LogP contribution in [0.4, 0.5) is 0 Å². The molecule has 1 aliphatic rings. The number of nitrogens with one attached hydrogen (secondary N) is 1. The topological polar surface area (TPSA) is 75.6 Å². The Morgan fingerprint density at radius 3 is 2.88 bits per heavy atom. The van der Waals surface area contributed by atoms with Crippen molar-refractivity contribution in [3.8, 4) is 0 Å². The third-order valence-corrected chi connectivity index (χ3v) is 5.35. The number of carboxylic acids is 1. The summed E-state index contributed by atoms with van der Waals surface area (Å²) in [5, 5.41) is 13.4. The molecule has 0 spiro atoms. The average Bonchev–Trinajstić information content (AvgIpc) is 3.10. The number of aromatic carboxylic acids is 1. The molecule has 5 nitrogen and oxygen atoms in total. The van der Waals surface area contributed by atoms with Crippen LogP contribution in [-0.2, 0) is 16.8 Å². The lowest BCUT2D eigenvalue weighted by Crippen LogP contribution is -2.45. The standard InChI is InChI=1S/C18H19NO4S/c1-2-18(14-6-4-3-5-12(14)7-8-23-18)11-19-16(20)13-9-15(17(21)22)24-10-13/h3-6,9-10H,2,7-8,11H2,1H3,(H,19,20)(H,21,22). The van der Waals surface area contributed by atoms with Gasteiger partial charge in [-0.2, -0.15) is 0 Å². The lowest BCUT2D eigenvalue weighted by Gasteiger charge is -2.38. The minimum atomic E-state index is -1.02. The molecule has 0 fully saturated rings. The smallest absolute Gasteiger partial charge is 0.345 e. The molecular weight excluding hydrogens is 326 g/mol. The molecular formula is C18H19NO4S. The van der Waals surface area contributed by atoms with Gasteiger partial charge in [0.15, 0.2) is 0 Å². The highest BCUT2D eigenvalue weighted by Crippen LogP contribution is 2.35. The molecule has 0 saturated carbocycles. The van der Waals surface area contributed by atoms with Crippen molar-refractivity contribution in [3.63, 3.8) is 0 Å². The predicted molar refractivity (Wildman–Crippen MR) is 91.7 cm³/mol. The highest BCUT2D eigenvalue weighted by atomic mass is 32.1. The van der Waals surface area contributed by atoms with Crippen LogP contribution in [0.5, 0.6) is 0 Å². The van der Waals surface area contributed by atoms with Gasteiger partial charge in [0.2, 0.25) is 0 Å². The first-order valence-corrected chi connectivity index (χ1v) is 8.76. The molecule has 1 atom stereocenters. The summed E-state index contributed by atoms with van der Waals surface area (Å²) in [6.07, 6.45) is 1.62. The van der Waals surface area contributed by atoms with E-state index in [2.05, 4.69) is 17.4 Å². The van der Waals surface area contributed by atoms with Crippen molar-refractivity contribution in [1.29, 1.82) is 0 Å². The minimum absolute atomic E-state index is 0.157. The lowest BCUT2D eigenvalue weighted by atomic mass is 9.84. The van der Waals surface area contributed by atoms with Crippen molar-refractivity contribution in [2.24, 2.45) is 0 Å². The Labute approximate surface area is 144 Å². The molecule has 6 heteroatoms. The summed E-state index contributed by atoms with van der Waals surface area (Å²) in [5.74, 6) is -1.30. The SMILES string of the molecule is CCC1(CNC(=O)c2csc(C(=O)O)c2)OCCc2ccccc21. The van der Waals surface area contributed by atoms with E-state index in [0.717, 1.165) is 29.7 Å². The number of hydrogen-bond donors (Lipinski definition) is 2. The number of rotatable bonds is 5. The highest BCUT2D eigenvalue weighted by Gasteiger charge is 2.36. The van der Waals surface area contributed by atoms with Crippen molar-refractivity contribution in [1.82, 2.24) is 5.32 Å². The van der Waals surface area contributed by atoms with E-state index in [1.807, 2.05) is 19.1 Å². The highest BCUT2D eigenvalue weighted by molar-refractivity contribution is 7.12. The summed E-state index contributed by atoms with van der Waals surface area (Å²) in [4.78, 5) is 23.4. The molecule has 126 valence electrons. The molecule has 1 amide bonds. The third-order valence-electron chi connectivity index (χ3n) is 4.44. The Morgan fingerprint density at radius 2 is 2.17 bits per heavy atom. The van der Waals surface area contributed by atoms with Crippen LogP contribution in [0.25, 0.3) is 0 Å². The number of ether oxygens (including phenoxy) is 1. The van der Waals surface area contributed by atoms with Crippen LogP contribution in [-0.4, -0.2) is 30.1 Å². The number of fused-ring (bicyclic) bond motifs is 1. The maximum Gasteiger partial charge on any atom is 0.345 e. The zero-order chi connectivity index (χ0) is 17.2. The molecule has 1 aromatic carbocycles. The van der Waals surface area contributed by atoms with Gasteiger partial charge in [0.05, 0.1) is 18.7 Å². The van der Waals surface area contributed by atoms with Crippen molar-refractivity contribution in [2.75, 3.05) is 13.2 Å². The second kappa shape index (κ2) is 6.75. The zero-order valence-electron chi connectivity index (χ0n) is 13.4. The normalized spacial score (nSPS) is 19.5. The van der Waals surface area contributed by atoms with Crippen LogP contribution in [0.15, 0.2) is 35.7 Å². The van der Waals surface area contributed by atoms with Crippen molar-refractivity contribution < 1.29 is 19.4 Å². The van der Waals surface area contributed by atoms with Gasteiger partial charge in [-0.25, -0.2) is 4.79 Å². The van der Waals surface area contributed by atoms with E-state index in [0.29, 0.717) is 18.7 Å². The molecule has 1 aliphatic heterocycles. The van der Waals surface area contributed by atoms with E-state index in [9.17, 15) is 9.59 Å². The van der Waals surface area contributed by atoms with Gasteiger partial charge in [-0.1, -0.05) is 31.2 Å². The van der Waals surface area contributed by atoms with E-state index in [1.54, 1.807) is 5.38 Å². The summed E-state index contributed by atoms with van der Waals surface area (Å²) in [5.41, 5.74) is 2.21. The molecule has 0 radical (unpaired) electrons. The van der Waals surface area contributed by atoms with Crippen LogP contribution in [0.1, 0.15) is 44.5 Å². The van der Waals surface area contributed by atoms with Gasteiger partial charge in [0, 0.05) is 5.38 Å². The largest absolute Gasteiger partial charge is 0.477 e. The van der Waals surface area contributed by atoms with E-state index in [1.165, 1.54) is 11.6 Å². The Hall–Kier alpha value is -2.18. The number of amides is 1. The lowest BCUT2D eigenvalue weighted by molar-refractivity contribution is -0.0606. The van der Waals surface area contributed by atoms with E-state index in [4.69, 9.17) is 9.84 Å². The number of thiophene rings is 1. The minimum Gasteiger partial charge on any atom is -0.477 e. The Morgan fingerprint density at radius 1 is 1.38 bits per heavy atom. The van der Waals surface area contributed by atoms with Gasteiger partial charge in [0.25, 0.3) is 5.91 Å². The van der Waals surface area contributed by atoms with Crippen LogP contribution in [0.2, 0.25) is 0 Å². The van der Waals surface area contributed by atoms with E-state index < -0.39 is 11.6 Å². The molecule has 0 aliphatic carbocycles. The van der Waals surface area contributed by atoms with Crippen molar-refractivity contribution in [3.05, 3.63) is 57.3 Å². The Kier molecular flexibility index (Phi) is 4.69. The maximum absolute atomic E-state index is 12.3. The number of carboxylic acid groups (broad SMARTS) is 1. The molecule has 0 saturated heterocycles. The summed E-state index contributed by atoms with van der Waals surface area (Å²) in [6, 6.07) is 9.55. The molecule has 2 N–H and O–H groups in total. The van der Waals surface area contributed by atoms with Crippen molar-refractivity contribution >= 4 is 23.2 Å². The molecule has 1 aromatic heterocycles. The fourth-order valence-electron chi connectivity index (χ4n) is 3.07.